The number of hydrogen-bond donors (Lipinski definition) is 2. The molecule has 6 nitrogen and oxygen atoms in total. The van der Waals surface area contributed by atoms with Gasteiger partial charge in [0.25, 0.3) is 0 Å². The van der Waals surface area contributed by atoms with E-state index < -0.39 is 12.1 Å². The average molecular weight is 399 g/mol. The minimum atomic E-state index is -1.17. The van der Waals surface area contributed by atoms with Crippen LogP contribution in [0, 0.1) is 23.2 Å². The van der Waals surface area contributed by atoms with Crippen LogP contribution in [0.5, 0.6) is 0 Å². The van der Waals surface area contributed by atoms with E-state index in [1.165, 1.54) is 11.8 Å². The van der Waals surface area contributed by atoms with E-state index in [0.717, 1.165) is 24.8 Å². The topological polar surface area (TPSA) is 93.1 Å². The second kappa shape index (κ2) is 8.13. The summed E-state index contributed by atoms with van der Waals surface area (Å²) < 4.78 is 10.6. The Morgan fingerprint density at radius 1 is 1.52 bits per heavy atom. The summed E-state index contributed by atoms with van der Waals surface area (Å²) >= 11 is 1.39. The van der Waals surface area contributed by atoms with Crippen molar-refractivity contribution in [1.82, 2.24) is 0 Å². The summed E-state index contributed by atoms with van der Waals surface area (Å²) in [7, 11) is 0. The molecular weight excluding hydrogens is 368 g/mol. The van der Waals surface area contributed by atoms with Crippen molar-refractivity contribution >= 4 is 23.7 Å². The SMILES string of the molecule is C=C1C[C@H](O)C[C@]2(C)CC[C@@H]3[C@H](OC(=O)[C@H]3CSCC(O)C(=O)OCC)[C@@H]12. The lowest BCUT2D eigenvalue weighted by molar-refractivity contribution is -0.151. The summed E-state index contributed by atoms with van der Waals surface area (Å²) in [6, 6.07) is 0. The Labute approximate surface area is 164 Å². The molecule has 1 unspecified atom stereocenters. The number of esters is 2. The van der Waals surface area contributed by atoms with Crippen LogP contribution in [0.15, 0.2) is 12.2 Å². The number of carbonyl (C=O) groups is 2. The fourth-order valence-electron chi connectivity index (χ4n) is 5.24. The minimum absolute atomic E-state index is 0.0711. The summed E-state index contributed by atoms with van der Waals surface area (Å²) in [4.78, 5) is 24.0. The molecule has 152 valence electrons. The molecule has 0 aromatic heterocycles. The lowest BCUT2D eigenvalue weighted by atomic mass is 9.54. The van der Waals surface area contributed by atoms with Gasteiger partial charge in [0.2, 0.25) is 0 Å². The van der Waals surface area contributed by atoms with Gasteiger partial charge in [-0.2, -0.15) is 11.8 Å². The maximum absolute atomic E-state index is 12.5. The van der Waals surface area contributed by atoms with Gasteiger partial charge in [0.1, 0.15) is 6.10 Å². The molecule has 1 aliphatic heterocycles. The van der Waals surface area contributed by atoms with E-state index in [0.29, 0.717) is 12.2 Å². The molecule has 1 heterocycles. The summed E-state index contributed by atoms with van der Waals surface area (Å²) in [5.74, 6) is -0.0690. The number of thioether (sulfide) groups is 1. The predicted octanol–water partition coefficient (Wildman–Crippen LogP) is 1.93. The van der Waals surface area contributed by atoms with Gasteiger partial charge in [0, 0.05) is 23.3 Å². The molecule has 0 amide bonds. The normalized spacial score (nSPS) is 39.3. The van der Waals surface area contributed by atoms with E-state index >= 15 is 0 Å². The molecular formula is C20H30O6S. The molecule has 1 saturated heterocycles. The molecule has 0 radical (unpaired) electrons. The van der Waals surface area contributed by atoms with Gasteiger partial charge in [0.05, 0.1) is 18.6 Å². The van der Waals surface area contributed by atoms with E-state index in [9.17, 15) is 19.8 Å². The molecule has 0 aromatic rings. The van der Waals surface area contributed by atoms with Crippen LogP contribution in [0.4, 0.5) is 0 Å². The molecule has 7 heteroatoms. The Balaban J connectivity index is 1.62. The van der Waals surface area contributed by atoms with Gasteiger partial charge in [-0.15, -0.1) is 0 Å². The second-order valence-electron chi connectivity index (χ2n) is 8.37. The van der Waals surface area contributed by atoms with E-state index in [-0.39, 0.29) is 53.7 Å². The van der Waals surface area contributed by atoms with Crippen LogP contribution >= 0.6 is 11.8 Å². The Bertz CT molecular complexity index is 607. The van der Waals surface area contributed by atoms with Crippen LogP contribution in [0.25, 0.3) is 0 Å². The van der Waals surface area contributed by atoms with Crippen molar-refractivity contribution < 1.29 is 29.3 Å². The van der Waals surface area contributed by atoms with E-state index in [4.69, 9.17) is 9.47 Å². The molecule has 0 aromatic carbocycles. The van der Waals surface area contributed by atoms with Gasteiger partial charge in [-0.05, 0) is 38.0 Å². The lowest BCUT2D eigenvalue weighted by Gasteiger charge is -2.51. The molecule has 3 aliphatic rings. The number of aliphatic hydroxyl groups is 2. The molecule has 2 saturated carbocycles. The third kappa shape index (κ3) is 4.05. The second-order valence-corrected chi connectivity index (χ2v) is 9.44. The zero-order valence-electron chi connectivity index (χ0n) is 16.1. The molecule has 7 atom stereocenters. The summed E-state index contributed by atoms with van der Waals surface area (Å²) in [5.41, 5.74) is 0.919. The zero-order valence-corrected chi connectivity index (χ0v) is 16.9. The standard InChI is InChI=1S/C20H30O6S/c1-4-25-19(24)15(22)10-27-9-14-13-5-6-20(3)8-12(21)7-11(2)16(20)17(13)26-18(14)23/h12-17,21-22H,2,4-10H2,1,3H3/t12-,13-,14-,15?,16+,17-,20-/m0/s1. The van der Waals surface area contributed by atoms with Gasteiger partial charge in [-0.3, -0.25) is 4.79 Å². The van der Waals surface area contributed by atoms with Crippen molar-refractivity contribution in [1.29, 1.82) is 0 Å². The smallest absolute Gasteiger partial charge is 0.335 e. The van der Waals surface area contributed by atoms with E-state index in [1.54, 1.807) is 6.92 Å². The van der Waals surface area contributed by atoms with E-state index in [1.807, 2.05) is 0 Å². The molecule has 3 rings (SSSR count). The quantitative estimate of drug-likeness (QED) is 0.522. The number of rotatable bonds is 6. The maximum Gasteiger partial charge on any atom is 0.335 e. The number of fused-ring (bicyclic) bond motifs is 3. The Hall–Kier alpha value is -1.05. The summed E-state index contributed by atoms with van der Waals surface area (Å²) in [5, 5.41) is 20.0. The van der Waals surface area contributed by atoms with E-state index in [2.05, 4.69) is 13.5 Å². The van der Waals surface area contributed by atoms with Gasteiger partial charge >= 0.3 is 11.9 Å². The number of hydrogen-bond acceptors (Lipinski definition) is 7. The van der Waals surface area contributed by atoms with Crippen LogP contribution in [0.3, 0.4) is 0 Å². The fourth-order valence-corrected chi connectivity index (χ4v) is 6.37. The van der Waals surface area contributed by atoms with Gasteiger partial charge in [-0.25, -0.2) is 4.79 Å². The highest BCUT2D eigenvalue weighted by molar-refractivity contribution is 7.99. The van der Waals surface area contributed by atoms with Crippen LogP contribution < -0.4 is 0 Å². The highest BCUT2D eigenvalue weighted by atomic mass is 32.2. The first-order valence-electron chi connectivity index (χ1n) is 9.75. The predicted molar refractivity (Wildman–Crippen MR) is 102 cm³/mol. The van der Waals surface area contributed by atoms with Crippen LogP contribution in [-0.2, 0) is 19.1 Å². The fraction of sp³-hybridized carbons (Fsp3) is 0.800. The first-order chi connectivity index (χ1) is 12.8. The first-order valence-corrected chi connectivity index (χ1v) is 10.9. The van der Waals surface area contributed by atoms with Crippen molar-refractivity contribution in [3.05, 3.63) is 12.2 Å². The molecule has 2 aliphatic carbocycles. The summed E-state index contributed by atoms with van der Waals surface area (Å²) in [6.07, 6.45) is 1.43. The van der Waals surface area contributed by atoms with Gasteiger partial charge < -0.3 is 19.7 Å². The molecule has 3 fully saturated rings. The first kappa shape index (κ1) is 20.7. The number of carbonyl (C=O) groups excluding carboxylic acids is 2. The van der Waals surface area contributed by atoms with Gasteiger partial charge in [-0.1, -0.05) is 19.1 Å². The molecule has 0 spiro atoms. The third-order valence-corrected chi connectivity index (χ3v) is 7.54. The van der Waals surface area contributed by atoms with Crippen molar-refractivity contribution in [2.24, 2.45) is 23.2 Å². The van der Waals surface area contributed by atoms with Crippen LogP contribution in [0.1, 0.15) is 39.5 Å². The van der Waals surface area contributed by atoms with Crippen LogP contribution in [0.2, 0.25) is 0 Å². The van der Waals surface area contributed by atoms with Crippen molar-refractivity contribution in [3.8, 4) is 0 Å². The number of aliphatic hydroxyl groups excluding tert-OH is 2. The maximum atomic E-state index is 12.5. The third-order valence-electron chi connectivity index (χ3n) is 6.39. The number of ether oxygens (including phenoxy) is 2. The monoisotopic (exact) mass is 398 g/mol. The Kier molecular flexibility index (Phi) is 6.23. The van der Waals surface area contributed by atoms with Crippen molar-refractivity contribution in [2.75, 3.05) is 18.1 Å². The van der Waals surface area contributed by atoms with Crippen LogP contribution in [-0.4, -0.2) is 58.6 Å². The Morgan fingerprint density at radius 3 is 2.96 bits per heavy atom. The van der Waals surface area contributed by atoms with Crippen molar-refractivity contribution in [2.45, 2.75) is 57.8 Å². The highest BCUT2D eigenvalue weighted by Crippen LogP contribution is 2.57. The minimum Gasteiger partial charge on any atom is -0.464 e. The highest BCUT2D eigenvalue weighted by Gasteiger charge is 2.58. The molecule has 27 heavy (non-hydrogen) atoms. The molecule has 0 bridgehead atoms. The zero-order chi connectivity index (χ0) is 19.8. The largest absolute Gasteiger partial charge is 0.464 e. The Morgan fingerprint density at radius 2 is 2.26 bits per heavy atom. The lowest BCUT2D eigenvalue weighted by Crippen LogP contribution is -2.50. The molecule has 2 N–H and O–H groups in total. The van der Waals surface area contributed by atoms with Crippen molar-refractivity contribution in [3.63, 3.8) is 0 Å². The average Bonchev–Trinajstić information content (AvgIpc) is 2.89. The summed E-state index contributed by atoms with van der Waals surface area (Å²) in [6.45, 7) is 8.29. The van der Waals surface area contributed by atoms with Gasteiger partial charge in [0.15, 0.2) is 6.10 Å².